The largest absolute Gasteiger partial charge is 0.504 e. The van der Waals surface area contributed by atoms with Crippen molar-refractivity contribution in [1.29, 1.82) is 5.26 Å². The number of halogens is 1. The molecule has 3 N–H and O–H groups in total. The fourth-order valence-corrected chi connectivity index (χ4v) is 3.39. The number of aromatic hydroxyl groups is 2. The van der Waals surface area contributed by atoms with Crippen LogP contribution in [-0.2, 0) is 4.79 Å². The Morgan fingerprint density at radius 2 is 1.96 bits per heavy atom. The Kier molecular flexibility index (Phi) is 5.54. The number of phenols is 2. The van der Waals surface area contributed by atoms with Crippen molar-refractivity contribution in [3.05, 3.63) is 63.5 Å². The fraction of sp³-hybridized carbons (Fsp3) is 0. The molecule has 0 spiro atoms. The van der Waals surface area contributed by atoms with Crippen molar-refractivity contribution < 1.29 is 15.0 Å². The van der Waals surface area contributed by atoms with E-state index in [2.05, 4.69) is 26.2 Å². The molecular weight excluding hydrogens is 430 g/mol. The van der Waals surface area contributed by atoms with E-state index in [4.69, 9.17) is 0 Å². The highest BCUT2D eigenvalue weighted by Gasteiger charge is 2.15. The van der Waals surface area contributed by atoms with Crippen LogP contribution in [0.4, 0.5) is 5.13 Å². The van der Waals surface area contributed by atoms with E-state index in [1.165, 1.54) is 29.5 Å². The maximum atomic E-state index is 12.4. The molecule has 0 radical (unpaired) electrons. The number of nitrogens with zero attached hydrogens (tertiary/aromatic N) is 2. The lowest BCUT2D eigenvalue weighted by molar-refractivity contribution is -0.112. The molecule has 27 heavy (non-hydrogen) atoms. The molecule has 8 heteroatoms. The van der Waals surface area contributed by atoms with Gasteiger partial charge in [-0.25, -0.2) is 4.98 Å². The van der Waals surface area contributed by atoms with Gasteiger partial charge in [0, 0.05) is 10.9 Å². The zero-order valence-corrected chi connectivity index (χ0v) is 16.1. The smallest absolute Gasteiger partial charge is 0.268 e. The van der Waals surface area contributed by atoms with Crippen LogP contribution in [0.5, 0.6) is 11.5 Å². The number of hydrogen-bond donors (Lipinski definition) is 3. The predicted molar refractivity (Wildman–Crippen MR) is 107 cm³/mol. The number of aromatic nitrogens is 1. The summed E-state index contributed by atoms with van der Waals surface area (Å²) in [6.07, 6.45) is 1.31. The summed E-state index contributed by atoms with van der Waals surface area (Å²) < 4.78 is 0.184. The molecule has 1 amide bonds. The number of carbonyl (C=O) groups is 1. The molecular formula is C19H12BrN3O3S. The van der Waals surface area contributed by atoms with Crippen LogP contribution in [0.1, 0.15) is 5.56 Å². The minimum absolute atomic E-state index is 0.169. The van der Waals surface area contributed by atoms with Crippen LogP contribution < -0.4 is 5.32 Å². The van der Waals surface area contributed by atoms with Gasteiger partial charge in [-0.2, -0.15) is 5.26 Å². The van der Waals surface area contributed by atoms with Gasteiger partial charge in [0.15, 0.2) is 16.6 Å². The molecule has 0 aliphatic carbocycles. The summed E-state index contributed by atoms with van der Waals surface area (Å²) in [5.41, 5.74) is 1.86. The normalized spacial score (nSPS) is 11.0. The van der Waals surface area contributed by atoms with Gasteiger partial charge in [-0.1, -0.05) is 30.3 Å². The van der Waals surface area contributed by atoms with Crippen LogP contribution in [0.25, 0.3) is 17.3 Å². The topological polar surface area (TPSA) is 106 Å². The Balaban J connectivity index is 1.82. The van der Waals surface area contributed by atoms with Gasteiger partial charge in [0.25, 0.3) is 5.91 Å². The van der Waals surface area contributed by atoms with Gasteiger partial charge in [-0.15, -0.1) is 11.3 Å². The van der Waals surface area contributed by atoms with Crippen molar-refractivity contribution in [2.24, 2.45) is 0 Å². The molecule has 6 nitrogen and oxygen atoms in total. The summed E-state index contributed by atoms with van der Waals surface area (Å²) in [4.78, 5) is 16.7. The van der Waals surface area contributed by atoms with Crippen LogP contribution in [-0.4, -0.2) is 21.1 Å². The van der Waals surface area contributed by atoms with Crippen LogP contribution in [0.15, 0.2) is 57.9 Å². The molecule has 3 aromatic rings. The summed E-state index contributed by atoms with van der Waals surface area (Å²) in [7, 11) is 0. The van der Waals surface area contributed by atoms with E-state index in [0.717, 1.165) is 11.3 Å². The summed E-state index contributed by atoms with van der Waals surface area (Å²) in [6.45, 7) is 0. The third-order valence-electron chi connectivity index (χ3n) is 3.58. The Morgan fingerprint density at radius 3 is 2.67 bits per heavy atom. The maximum Gasteiger partial charge on any atom is 0.268 e. The lowest BCUT2D eigenvalue weighted by Gasteiger charge is -2.05. The second-order valence-electron chi connectivity index (χ2n) is 5.36. The highest BCUT2D eigenvalue weighted by Crippen LogP contribution is 2.36. The van der Waals surface area contributed by atoms with Crippen molar-refractivity contribution in [2.75, 3.05) is 5.32 Å². The highest BCUT2D eigenvalue weighted by molar-refractivity contribution is 9.10. The van der Waals surface area contributed by atoms with Gasteiger partial charge >= 0.3 is 0 Å². The number of thiazole rings is 1. The van der Waals surface area contributed by atoms with Crippen molar-refractivity contribution in [3.8, 4) is 28.8 Å². The van der Waals surface area contributed by atoms with Gasteiger partial charge < -0.3 is 10.2 Å². The molecule has 3 rings (SSSR count). The van der Waals surface area contributed by atoms with E-state index in [-0.39, 0.29) is 21.5 Å². The Bertz CT molecular complexity index is 1070. The molecule has 0 saturated carbocycles. The van der Waals surface area contributed by atoms with Crippen molar-refractivity contribution in [3.63, 3.8) is 0 Å². The lowest BCUT2D eigenvalue weighted by atomic mass is 10.1. The molecule has 1 aromatic heterocycles. The monoisotopic (exact) mass is 441 g/mol. The SMILES string of the molecule is N#C/C(=C\c1ccc(O)c(O)c1Br)C(=O)Nc1nc(-c2ccccc2)cs1. The molecule has 2 aromatic carbocycles. The second-order valence-corrected chi connectivity index (χ2v) is 7.02. The van der Waals surface area contributed by atoms with Gasteiger partial charge in [-0.3, -0.25) is 10.1 Å². The molecule has 134 valence electrons. The molecule has 0 aliphatic heterocycles. The number of benzene rings is 2. The molecule has 0 saturated heterocycles. The molecule has 0 unspecified atom stereocenters. The first-order valence-electron chi connectivity index (χ1n) is 7.64. The number of amides is 1. The predicted octanol–water partition coefficient (Wildman–Crippen LogP) is 4.53. The summed E-state index contributed by atoms with van der Waals surface area (Å²) in [5, 5.41) is 33.3. The minimum Gasteiger partial charge on any atom is -0.504 e. The minimum atomic E-state index is -0.620. The first kappa shape index (κ1) is 18.6. The number of hydrogen-bond acceptors (Lipinski definition) is 6. The third kappa shape index (κ3) is 4.16. The van der Waals surface area contributed by atoms with Crippen LogP contribution in [0, 0.1) is 11.3 Å². The van der Waals surface area contributed by atoms with E-state index >= 15 is 0 Å². The van der Waals surface area contributed by atoms with E-state index in [1.54, 1.807) is 0 Å². The molecule has 0 atom stereocenters. The van der Waals surface area contributed by atoms with E-state index in [0.29, 0.717) is 10.7 Å². The van der Waals surface area contributed by atoms with E-state index in [9.17, 15) is 20.3 Å². The number of anilines is 1. The zero-order valence-electron chi connectivity index (χ0n) is 13.7. The van der Waals surface area contributed by atoms with Crippen LogP contribution in [0.3, 0.4) is 0 Å². The standard InChI is InChI=1S/C19H12BrN3O3S/c20-16-12(6-7-15(24)17(16)25)8-13(9-21)18(26)23-19-22-14(10-27-19)11-4-2-1-3-5-11/h1-8,10,24-25H,(H,22,23,26)/b13-8+. The number of phenolic OH excluding ortho intramolecular Hbond substituents is 2. The van der Waals surface area contributed by atoms with Crippen LogP contribution >= 0.6 is 27.3 Å². The van der Waals surface area contributed by atoms with Gasteiger partial charge in [0.05, 0.1) is 10.2 Å². The third-order valence-corrected chi connectivity index (χ3v) is 5.17. The van der Waals surface area contributed by atoms with Crippen molar-refractivity contribution in [2.45, 2.75) is 0 Å². The summed E-state index contributed by atoms with van der Waals surface area (Å²) in [6, 6.07) is 14.1. The fourth-order valence-electron chi connectivity index (χ4n) is 2.22. The average Bonchev–Trinajstić information content (AvgIpc) is 3.15. The molecule has 0 fully saturated rings. The van der Waals surface area contributed by atoms with Crippen molar-refractivity contribution in [1.82, 2.24) is 4.98 Å². The Morgan fingerprint density at radius 1 is 1.22 bits per heavy atom. The first-order valence-corrected chi connectivity index (χ1v) is 9.31. The second kappa shape index (κ2) is 8.03. The number of carbonyl (C=O) groups excluding carboxylic acids is 1. The summed E-state index contributed by atoms with van der Waals surface area (Å²) in [5.74, 6) is -1.29. The molecule has 1 heterocycles. The van der Waals surface area contributed by atoms with Crippen LogP contribution in [0.2, 0.25) is 0 Å². The zero-order chi connectivity index (χ0) is 19.4. The van der Waals surface area contributed by atoms with E-state index in [1.807, 2.05) is 41.8 Å². The van der Waals surface area contributed by atoms with Gasteiger partial charge in [0.2, 0.25) is 0 Å². The lowest BCUT2D eigenvalue weighted by Crippen LogP contribution is -2.13. The quantitative estimate of drug-likeness (QED) is 0.313. The molecule has 0 bridgehead atoms. The first-order chi connectivity index (χ1) is 13.0. The Labute approximate surface area is 167 Å². The number of nitriles is 1. The highest BCUT2D eigenvalue weighted by atomic mass is 79.9. The van der Waals surface area contributed by atoms with E-state index < -0.39 is 5.91 Å². The number of rotatable bonds is 4. The maximum absolute atomic E-state index is 12.4. The Hall–Kier alpha value is -3.15. The molecule has 0 aliphatic rings. The summed E-state index contributed by atoms with van der Waals surface area (Å²) >= 11 is 4.38. The van der Waals surface area contributed by atoms with Gasteiger partial charge in [-0.05, 0) is 39.7 Å². The average molecular weight is 442 g/mol. The van der Waals surface area contributed by atoms with Crippen molar-refractivity contribution >= 4 is 44.4 Å². The van der Waals surface area contributed by atoms with Gasteiger partial charge in [0.1, 0.15) is 11.6 Å². The number of nitrogens with one attached hydrogen (secondary N) is 1.